The lowest BCUT2D eigenvalue weighted by Gasteiger charge is -2.15. The van der Waals surface area contributed by atoms with Gasteiger partial charge in [-0.25, -0.2) is 0 Å². The van der Waals surface area contributed by atoms with E-state index < -0.39 is 36.7 Å². The number of unbranched alkanes of at least 4 members (excludes halogenated alkanes) is 1. The van der Waals surface area contributed by atoms with E-state index in [0.29, 0.717) is 12.8 Å². The van der Waals surface area contributed by atoms with Gasteiger partial charge in [-0.15, -0.1) is 0 Å². The van der Waals surface area contributed by atoms with E-state index in [1.165, 1.54) is 13.8 Å². The molecular formula is C12H22O8. The van der Waals surface area contributed by atoms with E-state index in [1.54, 1.807) is 0 Å². The molecule has 0 aromatic heterocycles. The first-order valence-corrected chi connectivity index (χ1v) is 6.35. The number of carbonyl (C=O) groups excluding carboxylic acids is 2. The maximum Gasteiger partial charge on any atom is 0.308 e. The van der Waals surface area contributed by atoms with Gasteiger partial charge in [0.1, 0.15) is 12.2 Å². The molecule has 0 saturated heterocycles. The van der Waals surface area contributed by atoms with Crippen molar-refractivity contribution in [3.05, 3.63) is 0 Å². The Labute approximate surface area is 116 Å². The van der Waals surface area contributed by atoms with Crippen LogP contribution in [0.1, 0.15) is 39.5 Å². The molecule has 0 aromatic carbocycles. The summed E-state index contributed by atoms with van der Waals surface area (Å²) in [6.07, 6.45) is -4.85. The van der Waals surface area contributed by atoms with Gasteiger partial charge in [-0.1, -0.05) is 0 Å². The molecule has 118 valence electrons. The molecule has 0 aliphatic carbocycles. The van der Waals surface area contributed by atoms with E-state index in [2.05, 4.69) is 9.47 Å². The summed E-state index contributed by atoms with van der Waals surface area (Å²) in [5.41, 5.74) is 0. The summed E-state index contributed by atoms with van der Waals surface area (Å²) in [4.78, 5) is 22.4. The summed E-state index contributed by atoms with van der Waals surface area (Å²) in [5, 5.41) is 36.0. The molecule has 0 aliphatic rings. The van der Waals surface area contributed by atoms with Gasteiger partial charge < -0.3 is 29.9 Å². The molecule has 4 atom stereocenters. The third kappa shape index (κ3) is 8.81. The second-order valence-electron chi connectivity index (χ2n) is 4.45. The van der Waals surface area contributed by atoms with Crippen LogP contribution in [0.2, 0.25) is 0 Å². The summed E-state index contributed by atoms with van der Waals surface area (Å²) in [6.45, 7) is 2.56. The molecular weight excluding hydrogens is 272 g/mol. The molecule has 0 fully saturated rings. The van der Waals surface area contributed by atoms with Crippen LogP contribution in [0.5, 0.6) is 0 Å². The Bertz CT molecular complexity index is 272. The highest BCUT2D eigenvalue weighted by Gasteiger charge is 2.17. The van der Waals surface area contributed by atoms with Crippen molar-refractivity contribution >= 4 is 11.9 Å². The standard InChI is InChI=1S/C12H22O8/c1-7(13)11(17)19-9(15)5-3-4-6-10(16)20-12(18)8(2)14/h7-8,11-14,17-18H,3-6H2,1-2H3. The van der Waals surface area contributed by atoms with Crippen molar-refractivity contribution in [1.29, 1.82) is 0 Å². The number of hydrogen-bond donors (Lipinski definition) is 4. The zero-order valence-electron chi connectivity index (χ0n) is 11.6. The summed E-state index contributed by atoms with van der Waals surface area (Å²) in [6, 6.07) is 0. The Morgan fingerprint density at radius 3 is 1.35 bits per heavy atom. The number of aliphatic hydroxyl groups is 4. The van der Waals surface area contributed by atoms with Crippen LogP contribution in [0.15, 0.2) is 0 Å². The van der Waals surface area contributed by atoms with Crippen LogP contribution in [0.4, 0.5) is 0 Å². The predicted molar refractivity (Wildman–Crippen MR) is 66.0 cm³/mol. The van der Waals surface area contributed by atoms with Gasteiger partial charge in [-0.3, -0.25) is 9.59 Å². The minimum absolute atomic E-state index is 0.0178. The minimum Gasteiger partial charge on any atom is -0.433 e. The van der Waals surface area contributed by atoms with Crippen molar-refractivity contribution < 1.29 is 39.5 Å². The lowest BCUT2D eigenvalue weighted by molar-refractivity contribution is -0.186. The van der Waals surface area contributed by atoms with Crippen molar-refractivity contribution in [3.8, 4) is 0 Å². The van der Waals surface area contributed by atoms with Crippen LogP contribution < -0.4 is 0 Å². The molecule has 0 bridgehead atoms. The van der Waals surface area contributed by atoms with Crippen molar-refractivity contribution in [3.63, 3.8) is 0 Å². The van der Waals surface area contributed by atoms with Gasteiger partial charge in [0.05, 0.1) is 0 Å². The van der Waals surface area contributed by atoms with Crippen molar-refractivity contribution in [2.45, 2.75) is 64.3 Å². The average molecular weight is 294 g/mol. The fourth-order valence-corrected chi connectivity index (χ4v) is 1.12. The normalized spacial score (nSPS) is 16.9. The largest absolute Gasteiger partial charge is 0.433 e. The minimum atomic E-state index is -1.56. The first-order chi connectivity index (χ1) is 9.23. The Balaban J connectivity index is 3.71. The molecule has 4 N–H and O–H groups in total. The van der Waals surface area contributed by atoms with Gasteiger partial charge in [0.2, 0.25) is 12.6 Å². The maximum atomic E-state index is 11.2. The molecule has 0 heterocycles. The number of esters is 2. The molecule has 0 aromatic rings. The highest BCUT2D eigenvalue weighted by Crippen LogP contribution is 2.06. The molecule has 0 amide bonds. The van der Waals surface area contributed by atoms with Crippen LogP contribution in [-0.2, 0) is 19.1 Å². The highest BCUT2D eigenvalue weighted by molar-refractivity contribution is 5.70. The first kappa shape index (κ1) is 18.8. The van der Waals surface area contributed by atoms with Crippen molar-refractivity contribution in [1.82, 2.24) is 0 Å². The van der Waals surface area contributed by atoms with Crippen molar-refractivity contribution in [2.75, 3.05) is 0 Å². The molecule has 20 heavy (non-hydrogen) atoms. The van der Waals surface area contributed by atoms with Crippen LogP contribution in [0, 0.1) is 0 Å². The van der Waals surface area contributed by atoms with E-state index in [1.807, 2.05) is 0 Å². The average Bonchev–Trinajstić information content (AvgIpc) is 2.34. The van der Waals surface area contributed by atoms with E-state index in [0.717, 1.165) is 0 Å². The van der Waals surface area contributed by atoms with Gasteiger partial charge in [0.25, 0.3) is 0 Å². The zero-order chi connectivity index (χ0) is 15.7. The third-order valence-corrected chi connectivity index (χ3v) is 2.34. The third-order valence-electron chi connectivity index (χ3n) is 2.34. The smallest absolute Gasteiger partial charge is 0.308 e. The number of carbonyl (C=O) groups is 2. The Morgan fingerprint density at radius 1 is 0.800 bits per heavy atom. The van der Waals surface area contributed by atoms with Crippen LogP contribution in [0.25, 0.3) is 0 Å². The van der Waals surface area contributed by atoms with Gasteiger partial charge in [-0.05, 0) is 26.7 Å². The van der Waals surface area contributed by atoms with E-state index in [4.69, 9.17) is 20.4 Å². The Hall–Kier alpha value is -1.22. The molecule has 0 aliphatic heterocycles. The second-order valence-corrected chi connectivity index (χ2v) is 4.45. The summed E-state index contributed by atoms with van der Waals surface area (Å²) in [5.74, 6) is -1.37. The van der Waals surface area contributed by atoms with Gasteiger partial charge >= 0.3 is 11.9 Å². The summed E-state index contributed by atoms with van der Waals surface area (Å²) < 4.78 is 8.98. The van der Waals surface area contributed by atoms with E-state index in [9.17, 15) is 9.59 Å². The Kier molecular flexibility index (Phi) is 9.06. The van der Waals surface area contributed by atoms with Crippen LogP contribution in [-0.4, -0.2) is 57.2 Å². The highest BCUT2D eigenvalue weighted by atomic mass is 16.7. The molecule has 0 saturated carbocycles. The maximum absolute atomic E-state index is 11.2. The fraction of sp³-hybridized carbons (Fsp3) is 0.833. The fourth-order valence-electron chi connectivity index (χ4n) is 1.12. The predicted octanol–water partition coefficient (Wildman–Crippen LogP) is -0.968. The van der Waals surface area contributed by atoms with Gasteiger partial charge in [-0.2, -0.15) is 0 Å². The molecule has 8 nitrogen and oxygen atoms in total. The first-order valence-electron chi connectivity index (χ1n) is 6.35. The van der Waals surface area contributed by atoms with Crippen LogP contribution >= 0.6 is 0 Å². The van der Waals surface area contributed by atoms with Gasteiger partial charge in [0.15, 0.2) is 0 Å². The van der Waals surface area contributed by atoms with Crippen LogP contribution in [0.3, 0.4) is 0 Å². The molecule has 0 radical (unpaired) electrons. The second kappa shape index (κ2) is 9.65. The quantitative estimate of drug-likeness (QED) is 0.242. The number of hydrogen-bond acceptors (Lipinski definition) is 8. The lowest BCUT2D eigenvalue weighted by Crippen LogP contribution is -2.28. The Morgan fingerprint density at radius 2 is 1.10 bits per heavy atom. The molecule has 4 unspecified atom stereocenters. The zero-order valence-corrected chi connectivity index (χ0v) is 11.6. The monoisotopic (exact) mass is 294 g/mol. The number of aliphatic hydroxyl groups excluding tert-OH is 4. The number of ether oxygens (including phenoxy) is 2. The molecule has 0 spiro atoms. The lowest BCUT2D eigenvalue weighted by atomic mass is 10.2. The van der Waals surface area contributed by atoms with Crippen molar-refractivity contribution in [2.24, 2.45) is 0 Å². The van der Waals surface area contributed by atoms with E-state index in [-0.39, 0.29) is 12.8 Å². The summed E-state index contributed by atoms with van der Waals surface area (Å²) in [7, 11) is 0. The molecule has 8 heteroatoms. The summed E-state index contributed by atoms with van der Waals surface area (Å²) >= 11 is 0. The number of rotatable bonds is 9. The van der Waals surface area contributed by atoms with E-state index >= 15 is 0 Å². The molecule has 0 rings (SSSR count). The van der Waals surface area contributed by atoms with Gasteiger partial charge in [0, 0.05) is 12.8 Å². The topological polar surface area (TPSA) is 134 Å². The SMILES string of the molecule is CC(O)C(O)OC(=O)CCCCC(=O)OC(O)C(C)O.